The predicted molar refractivity (Wildman–Crippen MR) is 110 cm³/mol. The van der Waals surface area contributed by atoms with Gasteiger partial charge in [0, 0.05) is 11.1 Å². The Morgan fingerprint density at radius 1 is 0.720 bits per heavy atom. The maximum Gasteiger partial charge on any atom is 0.152 e. The molecule has 3 rings (SSSR count). The number of benzene rings is 3. The lowest BCUT2D eigenvalue weighted by atomic mass is 10.0. The molecule has 0 unspecified atom stereocenters. The van der Waals surface area contributed by atoms with E-state index >= 15 is 0 Å². The van der Waals surface area contributed by atoms with Crippen LogP contribution in [0.25, 0.3) is 11.1 Å². The van der Waals surface area contributed by atoms with Crippen LogP contribution in [0.2, 0.25) is 0 Å². The summed E-state index contributed by atoms with van der Waals surface area (Å²) in [5.74, 6) is 0.244. The minimum atomic E-state index is 0.244. The third-order valence-electron chi connectivity index (χ3n) is 3.79. The minimum absolute atomic E-state index is 0.244. The van der Waals surface area contributed by atoms with Crippen molar-refractivity contribution in [3.05, 3.63) is 107 Å². The molecule has 0 fully saturated rings. The van der Waals surface area contributed by atoms with Gasteiger partial charge in [-0.3, -0.25) is 5.41 Å². The third kappa shape index (κ3) is 4.40. The van der Waals surface area contributed by atoms with E-state index in [9.17, 15) is 0 Å². The molecule has 0 aromatic heterocycles. The van der Waals surface area contributed by atoms with E-state index in [4.69, 9.17) is 5.41 Å². The maximum atomic E-state index is 8.23. The molecular weight excluding hydrogens is 372 g/mol. The average molecular weight is 389 g/mol. The third-order valence-corrected chi connectivity index (χ3v) is 4.05. The van der Waals surface area contributed by atoms with E-state index in [2.05, 4.69) is 45.2 Å². The lowest BCUT2D eigenvalue weighted by Gasteiger charge is -2.06. The second-order valence-electron chi connectivity index (χ2n) is 5.45. The number of nitrogens with one attached hydrogen (secondary N) is 1. The fourth-order valence-corrected chi connectivity index (χ4v) is 2.75. The Labute approximate surface area is 156 Å². The molecule has 3 aromatic rings. The van der Waals surface area contributed by atoms with Crippen LogP contribution in [0.5, 0.6) is 0 Å². The van der Waals surface area contributed by atoms with Gasteiger partial charge in [-0.2, -0.15) is 0 Å². The van der Waals surface area contributed by atoms with Crippen LogP contribution in [0.4, 0.5) is 0 Å². The van der Waals surface area contributed by atoms with Crippen LogP contribution < -0.4 is 0 Å². The Morgan fingerprint density at radius 3 is 1.88 bits per heavy atom. The summed E-state index contributed by atoms with van der Waals surface area (Å²) in [5.41, 5.74) is 4.84. The smallest absolute Gasteiger partial charge is 0.152 e. The van der Waals surface area contributed by atoms with E-state index in [1.807, 2.05) is 66.7 Å². The Bertz CT molecular complexity index is 896. The molecule has 0 bridgehead atoms. The Hall–Kier alpha value is -2.78. The van der Waals surface area contributed by atoms with Gasteiger partial charge in [-0.25, -0.2) is 4.99 Å². The summed E-state index contributed by atoms with van der Waals surface area (Å²) in [4.78, 5) is 6.25. The van der Waals surface area contributed by atoms with Crippen molar-refractivity contribution < 1.29 is 0 Å². The topological polar surface area (TPSA) is 36.2 Å². The van der Waals surface area contributed by atoms with Gasteiger partial charge >= 0.3 is 0 Å². The van der Waals surface area contributed by atoms with Crippen molar-refractivity contribution in [2.24, 2.45) is 4.99 Å². The van der Waals surface area contributed by atoms with Crippen molar-refractivity contribution in [2.45, 2.75) is 0 Å². The zero-order valence-corrected chi connectivity index (χ0v) is 15.1. The number of rotatable bonds is 4. The number of hydrogen-bond donors (Lipinski definition) is 1. The first kappa shape index (κ1) is 17.1. The number of allylic oxidation sites excluding steroid dienone is 1. The van der Waals surface area contributed by atoms with E-state index < -0.39 is 0 Å². The van der Waals surface area contributed by atoms with Gasteiger partial charge < -0.3 is 0 Å². The highest BCUT2D eigenvalue weighted by atomic mass is 79.9. The molecule has 0 saturated heterocycles. The number of aliphatic imine (C=N–C) groups is 1. The Kier molecular flexibility index (Phi) is 5.70. The van der Waals surface area contributed by atoms with Gasteiger partial charge in [-0.15, -0.1) is 0 Å². The quantitative estimate of drug-likeness (QED) is 0.415. The van der Waals surface area contributed by atoms with Crippen molar-refractivity contribution in [2.75, 3.05) is 0 Å². The van der Waals surface area contributed by atoms with Crippen LogP contribution in [-0.4, -0.2) is 11.5 Å². The molecule has 0 heterocycles. The van der Waals surface area contributed by atoms with Gasteiger partial charge in [-0.1, -0.05) is 101 Å². The van der Waals surface area contributed by atoms with Crippen LogP contribution in [0.3, 0.4) is 0 Å². The lowest BCUT2D eigenvalue weighted by Crippen LogP contribution is -2.03. The summed E-state index contributed by atoms with van der Waals surface area (Å²) >= 11 is 3.31. The number of halogens is 1. The number of hydrogen-bond acceptors (Lipinski definition) is 1. The summed E-state index contributed by atoms with van der Waals surface area (Å²) in [6.07, 6.45) is 1.86. The lowest BCUT2D eigenvalue weighted by molar-refractivity contribution is 1.41. The summed E-state index contributed by atoms with van der Waals surface area (Å²) < 4.78 is 0. The van der Waals surface area contributed by atoms with Crippen LogP contribution in [0, 0.1) is 5.41 Å². The van der Waals surface area contributed by atoms with Crippen LogP contribution in [0.1, 0.15) is 11.1 Å². The monoisotopic (exact) mass is 388 g/mol. The largest absolute Gasteiger partial charge is 0.282 e. The van der Waals surface area contributed by atoms with Crippen LogP contribution >= 0.6 is 15.9 Å². The normalized spacial score (nSPS) is 11.6. The first-order valence-corrected chi connectivity index (χ1v) is 8.85. The summed E-state index contributed by atoms with van der Waals surface area (Å²) in [7, 11) is 0. The van der Waals surface area contributed by atoms with Gasteiger partial charge in [0.25, 0.3) is 0 Å². The molecule has 25 heavy (non-hydrogen) atoms. The highest BCUT2D eigenvalue weighted by Crippen LogP contribution is 2.20. The standard InChI is InChI=1S/C22H17BrN2/c23-16-15-21(25-22(24)20-9-5-2-6-10-20)19-13-11-18(12-14-19)17-7-3-1-4-8-17/h1-16,24H/b16-15+,24-22?,25-21+. The van der Waals surface area contributed by atoms with E-state index in [-0.39, 0.29) is 5.84 Å². The van der Waals surface area contributed by atoms with Gasteiger partial charge in [0.2, 0.25) is 0 Å². The van der Waals surface area contributed by atoms with E-state index in [1.165, 1.54) is 5.56 Å². The SMILES string of the molecule is N=C(/N=C(\C=C\Br)c1ccc(-c2ccccc2)cc1)c1ccccc1. The summed E-state index contributed by atoms with van der Waals surface area (Å²) in [6, 6.07) is 28.0. The van der Waals surface area contributed by atoms with Crippen molar-refractivity contribution in [1.82, 2.24) is 0 Å². The second kappa shape index (κ2) is 8.36. The van der Waals surface area contributed by atoms with Crippen molar-refractivity contribution in [3.8, 4) is 11.1 Å². The highest BCUT2D eigenvalue weighted by molar-refractivity contribution is 9.11. The maximum absolute atomic E-state index is 8.23. The van der Waals surface area contributed by atoms with Crippen LogP contribution in [0.15, 0.2) is 101 Å². The van der Waals surface area contributed by atoms with Gasteiger partial charge in [-0.05, 0) is 22.2 Å². The molecule has 0 aliphatic carbocycles. The zero-order valence-electron chi connectivity index (χ0n) is 13.6. The Balaban J connectivity index is 1.91. The van der Waals surface area contributed by atoms with Crippen molar-refractivity contribution in [1.29, 1.82) is 5.41 Å². The molecule has 0 aliphatic heterocycles. The second-order valence-corrected chi connectivity index (χ2v) is 5.98. The molecule has 0 atom stereocenters. The van der Waals surface area contributed by atoms with E-state index in [0.29, 0.717) is 0 Å². The molecule has 0 saturated carbocycles. The Morgan fingerprint density at radius 2 is 1.28 bits per heavy atom. The van der Waals surface area contributed by atoms with Crippen molar-refractivity contribution >= 4 is 27.5 Å². The molecule has 0 amide bonds. The van der Waals surface area contributed by atoms with Crippen molar-refractivity contribution in [3.63, 3.8) is 0 Å². The van der Waals surface area contributed by atoms with Gasteiger partial charge in [0.05, 0.1) is 5.71 Å². The number of amidine groups is 1. The molecule has 3 aromatic carbocycles. The molecule has 0 radical (unpaired) electrons. The van der Waals surface area contributed by atoms with E-state index in [1.54, 1.807) is 4.99 Å². The highest BCUT2D eigenvalue weighted by Gasteiger charge is 2.05. The molecule has 1 N–H and O–H groups in total. The predicted octanol–water partition coefficient (Wildman–Crippen LogP) is 6.08. The zero-order chi connectivity index (χ0) is 17.5. The molecule has 3 heteroatoms. The average Bonchev–Trinajstić information content (AvgIpc) is 2.69. The molecular formula is C22H17BrN2. The molecule has 2 nitrogen and oxygen atoms in total. The van der Waals surface area contributed by atoms with E-state index in [0.717, 1.165) is 22.4 Å². The van der Waals surface area contributed by atoms with Gasteiger partial charge in [0.15, 0.2) is 5.84 Å². The first-order valence-electron chi connectivity index (χ1n) is 7.93. The molecule has 0 spiro atoms. The molecule has 122 valence electrons. The van der Waals surface area contributed by atoms with Crippen LogP contribution in [-0.2, 0) is 0 Å². The van der Waals surface area contributed by atoms with Gasteiger partial charge in [0.1, 0.15) is 0 Å². The molecule has 0 aliphatic rings. The summed E-state index contributed by atoms with van der Waals surface area (Å²) in [5, 5.41) is 8.23. The summed E-state index contributed by atoms with van der Waals surface area (Å²) in [6.45, 7) is 0. The first-order chi connectivity index (χ1) is 12.3. The minimum Gasteiger partial charge on any atom is -0.282 e. The fourth-order valence-electron chi connectivity index (χ4n) is 2.50. The number of nitrogens with zero attached hydrogens (tertiary/aromatic N) is 1. The fraction of sp³-hybridized carbons (Fsp3) is 0.